The quantitative estimate of drug-likeness (QED) is 0.695. The van der Waals surface area contributed by atoms with Crippen molar-refractivity contribution >= 4 is 17.9 Å². The lowest BCUT2D eigenvalue weighted by Gasteiger charge is -1.92. The SMILES string of the molecule is Nc1ccc(/C=C/C(=O)OF)cn1. The third-order valence-electron chi connectivity index (χ3n) is 1.30. The van der Waals surface area contributed by atoms with Crippen LogP contribution in [0, 0.1) is 0 Å². The van der Waals surface area contributed by atoms with Gasteiger partial charge in [-0.2, -0.15) is 0 Å². The topological polar surface area (TPSA) is 65.2 Å². The molecule has 0 atom stereocenters. The van der Waals surface area contributed by atoms with Crippen LogP contribution in [-0.2, 0) is 9.74 Å². The first kappa shape index (κ1) is 9.18. The van der Waals surface area contributed by atoms with Crippen LogP contribution >= 0.6 is 0 Å². The number of aromatic nitrogens is 1. The van der Waals surface area contributed by atoms with Gasteiger partial charge in [-0.1, -0.05) is 0 Å². The number of halogens is 1. The van der Waals surface area contributed by atoms with Crippen molar-refractivity contribution in [3.05, 3.63) is 30.0 Å². The summed E-state index contributed by atoms with van der Waals surface area (Å²) in [7, 11) is 0. The molecule has 0 saturated carbocycles. The summed E-state index contributed by atoms with van der Waals surface area (Å²) in [5, 5.41) is 0. The molecule has 0 aliphatic carbocycles. The molecule has 0 amide bonds. The van der Waals surface area contributed by atoms with E-state index in [1.165, 1.54) is 12.3 Å². The molecule has 4 nitrogen and oxygen atoms in total. The predicted molar refractivity (Wildman–Crippen MR) is 44.9 cm³/mol. The summed E-state index contributed by atoms with van der Waals surface area (Å²) in [6.07, 6.45) is 3.78. The maximum Gasteiger partial charge on any atom is 0.372 e. The predicted octanol–water partition coefficient (Wildman–Crippen LogP) is 1.10. The van der Waals surface area contributed by atoms with Gasteiger partial charge in [0, 0.05) is 16.8 Å². The van der Waals surface area contributed by atoms with Crippen LogP contribution in [0.5, 0.6) is 0 Å². The van der Waals surface area contributed by atoms with E-state index in [0.29, 0.717) is 11.4 Å². The number of hydrogen-bond donors (Lipinski definition) is 1. The second-order valence-electron chi connectivity index (χ2n) is 2.25. The Kier molecular flexibility index (Phi) is 2.97. The lowest BCUT2D eigenvalue weighted by atomic mass is 10.2. The van der Waals surface area contributed by atoms with E-state index in [-0.39, 0.29) is 0 Å². The molecule has 0 spiro atoms. The molecular formula is C8H7FN2O2. The molecule has 1 aromatic rings. The van der Waals surface area contributed by atoms with Crippen LogP contribution < -0.4 is 5.73 Å². The van der Waals surface area contributed by atoms with Crippen LogP contribution in [0.3, 0.4) is 0 Å². The first-order valence-corrected chi connectivity index (χ1v) is 3.44. The maximum absolute atomic E-state index is 11.2. The molecule has 0 aromatic carbocycles. The summed E-state index contributed by atoms with van der Waals surface area (Å²) in [4.78, 5) is 17.0. The molecule has 2 N–H and O–H groups in total. The fourth-order valence-electron chi connectivity index (χ4n) is 0.705. The first-order valence-electron chi connectivity index (χ1n) is 3.44. The van der Waals surface area contributed by atoms with Crippen molar-refractivity contribution in [3.63, 3.8) is 0 Å². The van der Waals surface area contributed by atoms with Gasteiger partial charge in [0.15, 0.2) is 0 Å². The van der Waals surface area contributed by atoms with Gasteiger partial charge in [-0.15, -0.1) is 0 Å². The van der Waals surface area contributed by atoms with Crippen molar-refractivity contribution in [1.29, 1.82) is 0 Å². The number of carbonyl (C=O) groups is 1. The van der Waals surface area contributed by atoms with Gasteiger partial charge in [-0.05, 0) is 23.8 Å². The molecule has 13 heavy (non-hydrogen) atoms. The van der Waals surface area contributed by atoms with Crippen LogP contribution in [0.4, 0.5) is 10.3 Å². The molecule has 0 fully saturated rings. The number of nitrogens with two attached hydrogens (primary N) is 1. The minimum Gasteiger partial charge on any atom is -0.384 e. The van der Waals surface area contributed by atoms with E-state index in [9.17, 15) is 9.32 Å². The van der Waals surface area contributed by atoms with E-state index < -0.39 is 5.97 Å². The Morgan fingerprint density at radius 3 is 2.92 bits per heavy atom. The molecule has 0 aliphatic rings. The van der Waals surface area contributed by atoms with E-state index in [1.54, 1.807) is 12.1 Å². The van der Waals surface area contributed by atoms with Crippen molar-refractivity contribution in [3.8, 4) is 0 Å². The van der Waals surface area contributed by atoms with Crippen LogP contribution in [-0.4, -0.2) is 11.0 Å². The lowest BCUT2D eigenvalue weighted by molar-refractivity contribution is -0.176. The number of pyridine rings is 1. The van der Waals surface area contributed by atoms with Crippen molar-refractivity contribution in [2.75, 3.05) is 5.73 Å². The third kappa shape index (κ3) is 2.90. The van der Waals surface area contributed by atoms with Crippen LogP contribution in [0.1, 0.15) is 5.56 Å². The highest BCUT2D eigenvalue weighted by Crippen LogP contribution is 2.03. The normalized spacial score (nSPS) is 10.2. The van der Waals surface area contributed by atoms with E-state index in [1.807, 2.05) is 0 Å². The minimum absolute atomic E-state index is 0.380. The third-order valence-corrected chi connectivity index (χ3v) is 1.30. The van der Waals surface area contributed by atoms with Gasteiger partial charge in [0.1, 0.15) is 5.82 Å². The van der Waals surface area contributed by atoms with Crippen LogP contribution in [0.25, 0.3) is 6.08 Å². The Morgan fingerprint density at radius 1 is 1.62 bits per heavy atom. The Hall–Kier alpha value is -1.91. The number of rotatable bonds is 2. The van der Waals surface area contributed by atoms with Gasteiger partial charge in [-0.3, -0.25) is 4.94 Å². The minimum atomic E-state index is -1.06. The van der Waals surface area contributed by atoms with Gasteiger partial charge >= 0.3 is 5.97 Å². The molecular weight excluding hydrogens is 175 g/mol. The van der Waals surface area contributed by atoms with E-state index in [0.717, 1.165) is 6.08 Å². The molecule has 68 valence electrons. The standard InChI is InChI=1S/C8H7FN2O2/c9-13-8(12)4-2-6-1-3-7(10)11-5-6/h1-5H,(H2,10,11)/b4-2+. The number of hydrogen-bond acceptors (Lipinski definition) is 4. The summed E-state index contributed by atoms with van der Waals surface area (Å²) in [6, 6.07) is 3.21. The van der Waals surface area contributed by atoms with Crippen molar-refractivity contribution in [2.45, 2.75) is 0 Å². The molecule has 0 saturated heterocycles. The van der Waals surface area contributed by atoms with Crippen molar-refractivity contribution in [1.82, 2.24) is 4.98 Å². The zero-order valence-electron chi connectivity index (χ0n) is 6.61. The first-order chi connectivity index (χ1) is 6.22. The largest absolute Gasteiger partial charge is 0.384 e. The second kappa shape index (κ2) is 4.20. The molecule has 0 aliphatic heterocycles. The Morgan fingerprint density at radius 2 is 2.38 bits per heavy atom. The maximum atomic E-state index is 11.2. The molecule has 0 unspecified atom stereocenters. The molecule has 1 heterocycles. The summed E-state index contributed by atoms with van der Waals surface area (Å²) < 4.78 is 11.2. The number of carbonyl (C=O) groups excluding carboxylic acids is 1. The molecule has 1 rings (SSSR count). The van der Waals surface area contributed by atoms with Gasteiger partial charge in [0.2, 0.25) is 0 Å². The zero-order valence-corrected chi connectivity index (χ0v) is 6.61. The number of anilines is 1. The fraction of sp³-hybridized carbons (Fsp3) is 0. The van der Waals surface area contributed by atoms with Gasteiger partial charge in [0.25, 0.3) is 0 Å². The van der Waals surface area contributed by atoms with Crippen molar-refractivity contribution in [2.24, 2.45) is 0 Å². The summed E-state index contributed by atoms with van der Waals surface area (Å²) >= 11 is 0. The average Bonchev–Trinajstić information content (AvgIpc) is 2.16. The summed E-state index contributed by atoms with van der Waals surface area (Å²) in [5.41, 5.74) is 5.96. The van der Waals surface area contributed by atoms with Gasteiger partial charge in [0.05, 0.1) is 0 Å². The summed E-state index contributed by atoms with van der Waals surface area (Å²) in [5.74, 6) is -0.679. The van der Waals surface area contributed by atoms with Gasteiger partial charge in [-0.25, -0.2) is 9.78 Å². The highest BCUT2D eigenvalue weighted by atomic mass is 19.3. The van der Waals surface area contributed by atoms with Crippen LogP contribution in [0.15, 0.2) is 24.4 Å². The monoisotopic (exact) mass is 182 g/mol. The van der Waals surface area contributed by atoms with Crippen molar-refractivity contribution < 1.29 is 14.3 Å². The molecule has 5 heteroatoms. The Labute approximate surface area is 73.7 Å². The summed E-state index contributed by atoms with van der Waals surface area (Å²) in [6.45, 7) is 0. The average molecular weight is 182 g/mol. The highest BCUT2D eigenvalue weighted by Gasteiger charge is 1.94. The van der Waals surface area contributed by atoms with Gasteiger partial charge < -0.3 is 5.73 Å². The Bertz CT molecular complexity index is 321. The molecule has 0 radical (unpaired) electrons. The highest BCUT2D eigenvalue weighted by molar-refractivity contribution is 5.86. The fourth-order valence-corrected chi connectivity index (χ4v) is 0.705. The molecule has 0 bridgehead atoms. The smallest absolute Gasteiger partial charge is 0.372 e. The number of nitrogens with zero attached hydrogens (tertiary/aromatic N) is 1. The van der Waals surface area contributed by atoms with Crippen LogP contribution in [0.2, 0.25) is 0 Å². The second-order valence-corrected chi connectivity index (χ2v) is 2.25. The lowest BCUT2D eigenvalue weighted by Crippen LogP contribution is -1.91. The Balaban J connectivity index is 2.69. The zero-order chi connectivity index (χ0) is 9.68. The number of nitrogen functional groups attached to an aromatic ring is 1. The molecule has 1 aromatic heterocycles. The van der Waals surface area contributed by atoms with E-state index in [2.05, 4.69) is 9.93 Å². The van der Waals surface area contributed by atoms with E-state index in [4.69, 9.17) is 5.73 Å². The van der Waals surface area contributed by atoms with E-state index >= 15 is 0 Å².